The summed E-state index contributed by atoms with van der Waals surface area (Å²) in [6, 6.07) is 10.5. The maximum absolute atomic E-state index is 13.6. The van der Waals surface area contributed by atoms with Crippen LogP contribution in [0.3, 0.4) is 0 Å². The number of carbonyl (C=O) groups is 2. The van der Waals surface area contributed by atoms with E-state index < -0.39 is 24.3 Å². The Balaban J connectivity index is 1.90. The molecule has 0 unspecified atom stereocenters. The molecule has 2 aromatic rings. The summed E-state index contributed by atoms with van der Waals surface area (Å²) >= 11 is 5.82. The smallest absolute Gasteiger partial charge is 0.331 e. The van der Waals surface area contributed by atoms with E-state index >= 15 is 0 Å². The second kappa shape index (κ2) is 9.36. The van der Waals surface area contributed by atoms with Crippen LogP contribution in [0, 0.1) is 17.1 Å². The average Bonchev–Trinajstić information content (AvgIpc) is 2.65. The minimum Gasteiger partial charge on any atom is -0.494 e. The number of ether oxygens (including phenoxy) is 2. The van der Waals surface area contributed by atoms with Gasteiger partial charge in [-0.3, -0.25) is 4.79 Å². The Morgan fingerprint density at radius 1 is 1.30 bits per heavy atom. The number of carbonyl (C=O) groups excluding carboxylic acids is 2. The lowest BCUT2D eigenvalue weighted by atomic mass is 10.2. The standard InChI is InChI=1S/C19H14ClFN2O4/c1-26-17-6-2-12(8-15(17)21)3-7-19(25)27-11-18(24)23-16-9-14(20)5-4-13(16)10-22/h2-9H,11H2,1H3,(H,23,24)/b7-3+. The van der Waals surface area contributed by atoms with E-state index in [1.807, 2.05) is 6.07 Å². The average molecular weight is 389 g/mol. The topological polar surface area (TPSA) is 88.4 Å². The van der Waals surface area contributed by atoms with Gasteiger partial charge in [0.25, 0.3) is 5.91 Å². The molecule has 0 bridgehead atoms. The summed E-state index contributed by atoms with van der Waals surface area (Å²) in [6.07, 6.45) is 2.40. The Morgan fingerprint density at radius 3 is 2.74 bits per heavy atom. The predicted octanol–water partition coefficient (Wildman–Crippen LogP) is 3.55. The Bertz CT molecular complexity index is 938. The molecule has 0 aliphatic rings. The molecule has 27 heavy (non-hydrogen) atoms. The van der Waals surface area contributed by atoms with Crippen LogP contribution in [0.2, 0.25) is 5.02 Å². The lowest BCUT2D eigenvalue weighted by Gasteiger charge is -2.07. The van der Waals surface area contributed by atoms with Crippen LogP contribution in [-0.4, -0.2) is 25.6 Å². The van der Waals surface area contributed by atoms with Crippen LogP contribution in [0.25, 0.3) is 6.08 Å². The largest absolute Gasteiger partial charge is 0.494 e. The van der Waals surface area contributed by atoms with Crippen molar-refractivity contribution in [2.75, 3.05) is 19.0 Å². The van der Waals surface area contributed by atoms with Crippen molar-refractivity contribution in [3.8, 4) is 11.8 Å². The highest BCUT2D eigenvalue weighted by Gasteiger charge is 2.10. The van der Waals surface area contributed by atoms with E-state index in [1.54, 1.807) is 6.07 Å². The van der Waals surface area contributed by atoms with Crippen molar-refractivity contribution >= 4 is 35.2 Å². The first-order valence-electron chi connectivity index (χ1n) is 7.61. The van der Waals surface area contributed by atoms with Crippen LogP contribution in [0.1, 0.15) is 11.1 Å². The second-order valence-corrected chi connectivity index (χ2v) is 5.62. The Kier molecular flexibility index (Phi) is 6.92. The molecule has 1 amide bonds. The predicted molar refractivity (Wildman–Crippen MR) is 97.7 cm³/mol. The SMILES string of the molecule is COc1ccc(/C=C/C(=O)OCC(=O)Nc2cc(Cl)ccc2C#N)cc1F. The number of rotatable bonds is 6. The second-order valence-electron chi connectivity index (χ2n) is 5.18. The van der Waals surface area contributed by atoms with Gasteiger partial charge in [0.2, 0.25) is 0 Å². The van der Waals surface area contributed by atoms with E-state index in [-0.39, 0.29) is 17.0 Å². The van der Waals surface area contributed by atoms with Crippen molar-refractivity contribution in [3.05, 3.63) is 64.4 Å². The molecular weight excluding hydrogens is 375 g/mol. The number of nitrogens with zero attached hydrogens (tertiary/aromatic N) is 1. The van der Waals surface area contributed by atoms with Crippen LogP contribution in [0.5, 0.6) is 5.75 Å². The van der Waals surface area contributed by atoms with Crippen LogP contribution >= 0.6 is 11.6 Å². The molecule has 8 heteroatoms. The molecule has 0 aliphatic carbocycles. The van der Waals surface area contributed by atoms with E-state index in [0.717, 1.165) is 6.08 Å². The van der Waals surface area contributed by atoms with Crippen LogP contribution < -0.4 is 10.1 Å². The molecule has 0 spiro atoms. The third-order valence-corrected chi connectivity index (χ3v) is 3.54. The molecule has 2 rings (SSSR count). The van der Waals surface area contributed by atoms with Gasteiger partial charge in [0, 0.05) is 11.1 Å². The maximum atomic E-state index is 13.6. The molecule has 0 radical (unpaired) electrons. The van der Waals surface area contributed by atoms with Crippen molar-refractivity contribution in [1.29, 1.82) is 5.26 Å². The molecule has 0 atom stereocenters. The summed E-state index contributed by atoms with van der Waals surface area (Å²) in [5.74, 6) is -1.90. The first kappa shape index (κ1) is 19.9. The molecule has 0 fully saturated rings. The minimum atomic E-state index is -0.784. The van der Waals surface area contributed by atoms with Crippen molar-refractivity contribution < 1.29 is 23.5 Å². The highest BCUT2D eigenvalue weighted by molar-refractivity contribution is 6.31. The lowest BCUT2D eigenvalue weighted by molar-refractivity contribution is -0.142. The Hall–Kier alpha value is -3.37. The summed E-state index contributed by atoms with van der Waals surface area (Å²) in [5.41, 5.74) is 0.864. The number of benzene rings is 2. The molecule has 0 heterocycles. The maximum Gasteiger partial charge on any atom is 0.331 e. The van der Waals surface area contributed by atoms with Gasteiger partial charge < -0.3 is 14.8 Å². The van der Waals surface area contributed by atoms with E-state index in [1.165, 1.54) is 43.5 Å². The molecular formula is C19H14ClFN2O4. The lowest BCUT2D eigenvalue weighted by Crippen LogP contribution is -2.20. The summed E-state index contributed by atoms with van der Waals surface area (Å²) < 4.78 is 23.2. The fourth-order valence-corrected chi connectivity index (χ4v) is 2.21. The number of amides is 1. The zero-order chi connectivity index (χ0) is 19.8. The van der Waals surface area contributed by atoms with Gasteiger partial charge in [-0.1, -0.05) is 17.7 Å². The molecule has 0 saturated heterocycles. The summed E-state index contributed by atoms with van der Waals surface area (Å²) in [7, 11) is 1.35. The fraction of sp³-hybridized carbons (Fsp3) is 0.105. The number of halogens is 2. The van der Waals surface area contributed by atoms with Crippen LogP contribution in [-0.2, 0) is 14.3 Å². The molecule has 1 N–H and O–H groups in total. The first-order valence-corrected chi connectivity index (χ1v) is 7.98. The first-order chi connectivity index (χ1) is 12.9. The zero-order valence-electron chi connectivity index (χ0n) is 14.2. The van der Waals surface area contributed by atoms with Gasteiger partial charge in [0.1, 0.15) is 6.07 Å². The van der Waals surface area contributed by atoms with Gasteiger partial charge in [-0.2, -0.15) is 5.26 Å². The third kappa shape index (κ3) is 5.83. The highest BCUT2D eigenvalue weighted by Crippen LogP contribution is 2.20. The Labute approximate surface area is 159 Å². The van der Waals surface area contributed by atoms with Crippen molar-refractivity contribution in [2.45, 2.75) is 0 Å². The van der Waals surface area contributed by atoms with Gasteiger partial charge in [-0.25, -0.2) is 9.18 Å². The quantitative estimate of drug-likeness (QED) is 0.603. The van der Waals surface area contributed by atoms with Crippen molar-refractivity contribution in [3.63, 3.8) is 0 Å². The molecule has 0 aromatic heterocycles. The summed E-state index contributed by atoms with van der Waals surface area (Å²) in [5, 5.41) is 11.8. The monoisotopic (exact) mass is 388 g/mol. The summed E-state index contributed by atoms with van der Waals surface area (Å²) in [4.78, 5) is 23.5. The fourth-order valence-electron chi connectivity index (χ4n) is 2.04. The van der Waals surface area contributed by atoms with E-state index in [2.05, 4.69) is 5.32 Å². The van der Waals surface area contributed by atoms with Crippen LogP contribution in [0.4, 0.5) is 10.1 Å². The molecule has 0 saturated carbocycles. The number of hydrogen-bond donors (Lipinski definition) is 1. The van der Waals surface area contributed by atoms with Crippen molar-refractivity contribution in [2.24, 2.45) is 0 Å². The Morgan fingerprint density at radius 2 is 2.07 bits per heavy atom. The normalized spacial score (nSPS) is 10.3. The molecule has 138 valence electrons. The van der Waals surface area contributed by atoms with E-state index in [4.69, 9.17) is 26.3 Å². The molecule has 2 aromatic carbocycles. The van der Waals surface area contributed by atoms with Gasteiger partial charge in [-0.05, 0) is 42.0 Å². The minimum absolute atomic E-state index is 0.0872. The van der Waals surface area contributed by atoms with Crippen molar-refractivity contribution in [1.82, 2.24) is 0 Å². The number of methoxy groups -OCH3 is 1. The number of esters is 1. The highest BCUT2D eigenvalue weighted by atomic mass is 35.5. The van der Waals surface area contributed by atoms with E-state index in [9.17, 15) is 14.0 Å². The van der Waals surface area contributed by atoms with Gasteiger partial charge in [0.05, 0.1) is 18.4 Å². The van der Waals surface area contributed by atoms with E-state index in [0.29, 0.717) is 10.6 Å². The van der Waals surface area contributed by atoms with Crippen LogP contribution in [0.15, 0.2) is 42.5 Å². The van der Waals surface area contributed by atoms with Gasteiger partial charge in [-0.15, -0.1) is 0 Å². The van der Waals surface area contributed by atoms with Gasteiger partial charge in [0.15, 0.2) is 18.2 Å². The number of anilines is 1. The number of hydrogen-bond acceptors (Lipinski definition) is 5. The zero-order valence-corrected chi connectivity index (χ0v) is 14.9. The number of nitriles is 1. The van der Waals surface area contributed by atoms with Gasteiger partial charge >= 0.3 is 5.97 Å². The number of nitrogens with one attached hydrogen (secondary N) is 1. The summed E-state index contributed by atoms with van der Waals surface area (Å²) in [6.45, 7) is -0.558. The molecule has 6 nitrogen and oxygen atoms in total. The third-order valence-electron chi connectivity index (χ3n) is 3.31. The molecule has 0 aliphatic heterocycles.